The van der Waals surface area contributed by atoms with E-state index < -0.39 is 0 Å². The Kier molecular flexibility index (Phi) is 8.62. The quantitative estimate of drug-likeness (QED) is 0.418. The van der Waals surface area contributed by atoms with Gasteiger partial charge < -0.3 is 20.3 Å². The topological polar surface area (TPSA) is 48.9 Å². The number of nitrogens with zero attached hydrogens (tertiary/aromatic N) is 2. The second kappa shape index (κ2) is 10.00. The van der Waals surface area contributed by atoms with Gasteiger partial charge in [-0.2, -0.15) is 0 Å². The van der Waals surface area contributed by atoms with E-state index in [9.17, 15) is 0 Å². The molecule has 2 N–H and O–H groups in total. The molecule has 0 amide bonds. The highest BCUT2D eigenvalue weighted by molar-refractivity contribution is 5.79. The number of rotatable bonds is 7. The number of guanidine groups is 1. The van der Waals surface area contributed by atoms with Crippen LogP contribution in [0.25, 0.3) is 0 Å². The van der Waals surface area contributed by atoms with E-state index in [-0.39, 0.29) is 0 Å². The summed E-state index contributed by atoms with van der Waals surface area (Å²) in [7, 11) is 3.51. The number of piperidine rings is 1. The third kappa shape index (κ3) is 7.10. The molecule has 118 valence electrons. The predicted octanol–water partition coefficient (Wildman–Crippen LogP) is 1.17. The summed E-state index contributed by atoms with van der Waals surface area (Å²) in [6, 6.07) is 0. The zero-order chi connectivity index (χ0) is 14.8. The van der Waals surface area contributed by atoms with Crippen LogP contribution in [-0.2, 0) is 4.74 Å². The van der Waals surface area contributed by atoms with E-state index >= 15 is 0 Å². The third-order valence-corrected chi connectivity index (χ3v) is 3.71. The van der Waals surface area contributed by atoms with E-state index in [1.807, 2.05) is 0 Å². The largest absolute Gasteiger partial charge is 0.383 e. The lowest BCUT2D eigenvalue weighted by atomic mass is 9.92. The molecule has 1 aliphatic rings. The summed E-state index contributed by atoms with van der Waals surface area (Å²) in [4.78, 5) is 6.79. The summed E-state index contributed by atoms with van der Waals surface area (Å²) in [5, 5.41) is 6.57. The molecule has 1 heterocycles. The Hall–Kier alpha value is -0.810. The van der Waals surface area contributed by atoms with Gasteiger partial charge in [-0.05, 0) is 31.2 Å². The molecule has 0 aromatic rings. The van der Waals surface area contributed by atoms with Gasteiger partial charge in [-0.25, -0.2) is 0 Å². The highest BCUT2D eigenvalue weighted by Gasteiger charge is 2.20. The van der Waals surface area contributed by atoms with Crippen LogP contribution in [0.5, 0.6) is 0 Å². The minimum absolute atomic E-state index is 0.699. The third-order valence-electron chi connectivity index (χ3n) is 3.71. The fourth-order valence-corrected chi connectivity index (χ4v) is 2.98. The van der Waals surface area contributed by atoms with Gasteiger partial charge in [-0.3, -0.25) is 4.99 Å². The predicted molar refractivity (Wildman–Crippen MR) is 85.2 cm³/mol. The van der Waals surface area contributed by atoms with E-state index in [0.29, 0.717) is 6.61 Å². The number of hydrogen-bond donors (Lipinski definition) is 2. The van der Waals surface area contributed by atoms with Crippen molar-refractivity contribution in [1.82, 2.24) is 15.5 Å². The first-order chi connectivity index (χ1) is 9.65. The van der Waals surface area contributed by atoms with Gasteiger partial charge in [0.05, 0.1) is 6.61 Å². The zero-order valence-electron chi connectivity index (χ0n) is 13.6. The first kappa shape index (κ1) is 17.2. The highest BCUT2D eigenvalue weighted by atomic mass is 16.5. The molecule has 0 aromatic heterocycles. The molecule has 0 bridgehead atoms. The smallest absolute Gasteiger partial charge is 0.191 e. The average molecular weight is 284 g/mol. The molecule has 0 aliphatic carbocycles. The SMILES string of the molecule is CN=C(NCCCN1CC(C)CC(C)C1)NCCOC. The lowest BCUT2D eigenvalue weighted by Gasteiger charge is -2.35. The van der Waals surface area contributed by atoms with Crippen LogP contribution in [0.2, 0.25) is 0 Å². The van der Waals surface area contributed by atoms with Crippen molar-refractivity contribution in [2.24, 2.45) is 16.8 Å². The summed E-state index contributed by atoms with van der Waals surface area (Å²) in [6.07, 6.45) is 2.54. The molecule has 0 saturated carbocycles. The van der Waals surface area contributed by atoms with Crippen LogP contribution < -0.4 is 10.6 Å². The Morgan fingerprint density at radius 2 is 1.85 bits per heavy atom. The van der Waals surface area contributed by atoms with Crippen LogP contribution in [0.1, 0.15) is 26.7 Å². The Labute approximate surface area is 124 Å². The van der Waals surface area contributed by atoms with Crippen molar-refractivity contribution in [3.8, 4) is 0 Å². The van der Waals surface area contributed by atoms with Crippen LogP contribution in [0.3, 0.4) is 0 Å². The number of aliphatic imine (C=N–C) groups is 1. The van der Waals surface area contributed by atoms with Crippen molar-refractivity contribution in [1.29, 1.82) is 0 Å². The number of hydrogen-bond acceptors (Lipinski definition) is 3. The molecule has 0 aromatic carbocycles. The van der Waals surface area contributed by atoms with Crippen molar-refractivity contribution in [2.45, 2.75) is 26.7 Å². The fourth-order valence-electron chi connectivity index (χ4n) is 2.98. The first-order valence-electron chi connectivity index (χ1n) is 7.81. The zero-order valence-corrected chi connectivity index (χ0v) is 13.6. The summed E-state index contributed by atoms with van der Waals surface area (Å²) in [6.45, 7) is 10.9. The lowest BCUT2D eigenvalue weighted by molar-refractivity contribution is 0.140. The minimum Gasteiger partial charge on any atom is -0.383 e. The van der Waals surface area contributed by atoms with Gasteiger partial charge in [-0.1, -0.05) is 13.8 Å². The molecular formula is C15H32N4O. The molecule has 1 saturated heterocycles. The molecular weight excluding hydrogens is 252 g/mol. The molecule has 2 atom stereocenters. The van der Waals surface area contributed by atoms with Crippen LogP contribution in [0.15, 0.2) is 4.99 Å². The summed E-state index contributed by atoms with van der Waals surface area (Å²) >= 11 is 0. The molecule has 1 rings (SSSR count). The maximum absolute atomic E-state index is 5.01. The molecule has 1 fully saturated rings. The fraction of sp³-hybridized carbons (Fsp3) is 0.933. The molecule has 5 heteroatoms. The second-order valence-corrected chi connectivity index (χ2v) is 5.98. The van der Waals surface area contributed by atoms with Crippen LogP contribution >= 0.6 is 0 Å². The second-order valence-electron chi connectivity index (χ2n) is 5.98. The molecule has 5 nitrogen and oxygen atoms in total. The van der Waals surface area contributed by atoms with Gasteiger partial charge in [-0.15, -0.1) is 0 Å². The molecule has 1 aliphatic heterocycles. The van der Waals surface area contributed by atoms with Gasteiger partial charge in [0.2, 0.25) is 0 Å². The number of nitrogens with one attached hydrogen (secondary N) is 2. The number of likely N-dealkylation sites (tertiary alicyclic amines) is 1. The van der Waals surface area contributed by atoms with Crippen molar-refractivity contribution >= 4 is 5.96 Å². The molecule has 2 unspecified atom stereocenters. The normalized spacial score (nSPS) is 24.7. The van der Waals surface area contributed by atoms with Gasteiger partial charge in [0.1, 0.15) is 0 Å². The highest BCUT2D eigenvalue weighted by Crippen LogP contribution is 2.20. The molecule has 0 radical (unpaired) electrons. The Morgan fingerprint density at radius 3 is 2.45 bits per heavy atom. The van der Waals surface area contributed by atoms with Crippen molar-refractivity contribution in [3.63, 3.8) is 0 Å². The van der Waals surface area contributed by atoms with E-state index in [1.54, 1.807) is 14.2 Å². The summed E-state index contributed by atoms with van der Waals surface area (Å²) in [5.74, 6) is 2.55. The van der Waals surface area contributed by atoms with Crippen LogP contribution in [0, 0.1) is 11.8 Å². The summed E-state index contributed by atoms with van der Waals surface area (Å²) < 4.78 is 5.01. The molecule has 20 heavy (non-hydrogen) atoms. The Bertz CT molecular complexity index is 273. The van der Waals surface area contributed by atoms with Crippen LogP contribution in [-0.4, -0.2) is 64.3 Å². The van der Waals surface area contributed by atoms with E-state index in [0.717, 1.165) is 37.3 Å². The minimum atomic E-state index is 0.699. The van der Waals surface area contributed by atoms with Gasteiger partial charge in [0.25, 0.3) is 0 Å². The van der Waals surface area contributed by atoms with Crippen LogP contribution in [0.4, 0.5) is 0 Å². The standard InChI is InChI=1S/C15H32N4O/c1-13-10-14(2)12-19(11-13)8-5-6-17-15(16-3)18-7-9-20-4/h13-14H,5-12H2,1-4H3,(H2,16,17,18). The first-order valence-corrected chi connectivity index (χ1v) is 7.81. The number of methoxy groups -OCH3 is 1. The maximum Gasteiger partial charge on any atom is 0.191 e. The van der Waals surface area contributed by atoms with Gasteiger partial charge in [0.15, 0.2) is 5.96 Å². The van der Waals surface area contributed by atoms with Gasteiger partial charge >= 0.3 is 0 Å². The van der Waals surface area contributed by atoms with E-state index in [4.69, 9.17) is 4.74 Å². The van der Waals surface area contributed by atoms with Crippen molar-refractivity contribution in [3.05, 3.63) is 0 Å². The van der Waals surface area contributed by atoms with Crippen molar-refractivity contribution < 1.29 is 4.74 Å². The lowest BCUT2D eigenvalue weighted by Crippen LogP contribution is -2.42. The summed E-state index contributed by atoms with van der Waals surface area (Å²) in [5.41, 5.74) is 0. The maximum atomic E-state index is 5.01. The van der Waals surface area contributed by atoms with Crippen molar-refractivity contribution in [2.75, 3.05) is 53.5 Å². The van der Waals surface area contributed by atoms with Gasteiger partial charge in [0, 0.05) is 40.3 Å². The Morgan fingerprint density at radius 1 is 1.20 bits per heavy atom. The van der Waals surface area contributed by atoms with E-state index in [2.05, 4.69) is 34.4 Å². The average Bonchev–Trinajstić information content (AvgIpc) is 2.40. The monoisotopic (exact) mass is 284 g/mol. The van der Waals surface area contributed by atoms with E-state index in [1.165, 1.54) is 26.1 Å². The molecule has 0 spiro atoms. The number of ether oxygens (including phenoxy) is 1. The Balaban J connectivity index is 2.11.